The number of ketones is 1. The minimum atomic E-state index is -1.47. The number of ether oxygens (including phenoxy) is 1. The summed E-state index contributed by atoms with van der Waals surface area (Å²) in [5.74, 6) is -2.13. The van der Waals surface area contributed by atoms with Crippen molar-refractivity contribution in [3.8, 4) is 5.75 Å². The van der Waals surface area contributed by atoms with Gasteiger partial charge in [0.2, 0.25) is 0 Å². The van der Waals surface area contributed by atoms with Crippen molar-refractivity contribution >= 4 is 11.8 Å². The lowest BCUT2D eigenvalue weighted by Crippen LogP contribution is -2.19. The second-order valence-corrected chi connectivity index (χ2v) is 4.79. The van der Waals surface area contributed by atoms with Gasteiger partial charge in [-0.05, 0) is 29.5 Å². The van der Waals surface area contributed by atoms with Crippen LogP contribution in [0.5, 0.6) is 5.75 Å². The summed E-state index contributed by atoms with van der Waals surface area (Å²) in [6.45, 7) is 6.14. The fraction of sp³-hybridized carbons (Fsp3) is 0.429. The molecule has 0 bridgehead atoms. The average molecular weight is 250 g/mol. The zero-order valence-electron chi connectivity index (χ0n) is 11.1. The van der Waals surface area contributed by atoms with Gasteiger partial charge < -0.3 is 9.84 Å². The number of hydrogen-bond donors (Lipinski definition) is 1. The number of carbonyl (C=O) groups is 2. The zero-order chi connectivity index (χ0) is 13.9. The summed E-state index contributed by atoms with van der Waals surface area (Å²) in [7, 11) is 1.42. The van der Waals surface area contributed by atoms with Crippen LogP contribution < -0.4 is 4.74 Å². The second-order valence-electron chi connectivity index (χ2n) is 4.79. The maximum Gasteiger partial charge on any atom is 0.377 e. The smallest absolute Gasteiger partial charge is 0.377 e. The van der Waals surface area contributed by atoms with Crippen LogP contribution in [-0.4, -0.2) is 24.0 Å². The fourth-order valence-electron chi connectivity index (χ4n) is 1.63. The summed E-state index contributed by atoms with van der Waals surface area (Å²) in [5.41, 5.74) is 0.916. The summed E-state index contributed by atoms with van der Waals surface area (Å²) in [6.07, 6.45) is 0.889. The highest BCUT2D eigenvalue weighted by molar-refractivity contribution is 6.40. The molecule has 0 fully saturated rings. The predicted octanol–water partition coefficient (Wildman–Crippen LogP) is 2.65. The summed E-state index contributed by atoms with van der Waals surface area (Å²) < 4.78 is 5.03. The van der Waals surface area contributed by atoms with Gasteiger partial charge in [-0.25, -0.2) is 4.79 Å². The molecule has 0 unspecified atom stereocenters. The highest BCUT2D eigenvalue weighted by Crippen LogP contribution is 2.30. The van der Waals surface area contributed by atoms with Crippen LogP contribution in [0.1, 0.15) is 43.1 Å². The predicted molar refractivity (Wildman–Crippen MR) is 68.3 cm³/mol. The zero-order valence-corrected chi connectivity index (χ0v) is 11.1. The molecule has 0 aliphatic carbocycles. The van der Waals surface area contributed by atoms with E-state index < -0.39 is 11.8 Å². The van der Waals surface area contributed by atoms with E-state index in [2.05, 4.69) is 0 Å². The van der Waals surface area contributed by atoms with Gasteiger partial charge in [0.05, 0.1) is 12.7 Å². The molecule has 1 N–H and O–H groups in total. The van der Waals surface area contributed by atoms with E-state index in [1.165, 1.54) is 7.11 Å². The van der Waals surface area contributed by atoms with Gasteiger partial charge in [-0.3, -0.25) is 4.79 Å². The summed E-state index contributed by atoms with van der Waals surface area (Å²) in [6, 6.07) is 5.11. The molecule has 0 spiro atoms. The molecular formula is C14H18O4. The van der Waals surface area contributed by atoms with Crippen molar-refractivity contribution in [2.75, 3.05) is 7.11 Å². The van der Waals surface area contributed by atoms with Crippen molar-refractivity contribution in [3.05, 3.63) is 29.3 Å². The lowest BCUT2D eigenvalue weighted by Gasteiger charge is -2.24. The Balaban J connectivity index is 3.35. The second kappa shape index (κ2) is 5.21. The van der Waals surface area contributed by atoms with Gasteiger partial charge in [-0.2, -0.15) is 0 Å². The van der Waals surface area contributed by atoms with Crippen LogP contribution in [0, 0.1) is 0 Å². The van der Waals surface area contributed by atoms with Crippen LogP contribution in [-0.2, 0) is 10.2 Å². The molecule has 0 saturated carbocycles. The van der Waals surface area contributed by atoms with Crippen LogP contribution >= 0.6 is 0 Å². The van der Waals surface area contributed by atoms with Crippen LogP contribution in [0.3, 0.4) is 0 Å². The minimum Gasteiger partial charge on any atom is -0.496 e. The maximum atomic E-state index is 11.6. The van der Waals surface area contributed by atoms with Gasteiger partial charge >= 0.3 is 5.97 Å². The Bertz CT molecular complexity index is 475. The number of aliphatic carboxylic acids is 1. The topological polar surface area (TPSA) is 63.6 Å². The summed E-state index contributed by atoms with van der Waals surface area (Å²) in [4.78, 5) is 22.4. The van der Waals surface area contributed by atoms with Gasteiger partial charge in [0, 0.05) is 0 Å². The molecule has 0 aliphatic rings. The number of benzene rings is 1. The SMILES string of the molecule is CCC(C)(C)c1ccc(OC)c(C(=O)C(=O)O)c1. The van der Waals surface area contributed by atoms with Crippen LogP contribution in [0.4, 0.5) is 0 Å². The van der Waals surface area contributed by atoms with E-state index >= 15 is 0 Å². The first-order valence-corrected chi connectivity index (χ1v) is 5.79. The van der Waals surface area contributed by atoms with E-state index in [9.17, 15) is 9.59 Å². The van der Waals surface area contributed by atoms with E-state index in [0.717, 1.165) is 12.0 Å². The number of hydrogen-bond acceptors (Lipinski definition) is 3. The Morgan fingerprint density at radius 2 is 1.94 bits per heavy atom. The van der Waals surface area contributed by atoms with Gasteiger partial charge in [-0.15, -0.1) is 0 Å². The molecule has 4 heteroatoms. The molecule has 1 aromatic carbocycles. The first kappa shape index (κ1) is 14.2. The van der Waals surface area contributed by atoms with Gasteiger partial charge in [0.25, 0.3) is 5.78 Å². The van der Waals surface area contributed by atoms with Crippen molar-refractivity contribution < 1.29 is 19.4 Å². The molecule has 0 saturated heterocycles. The molecule has 0 heterocycles. The molecule has 0 aliphatic heterocycles. The third-order valence-corrected chi connectivity index (χ3v) is 3.30. The van der Waals surface area contributed by atoms with E-state index in [1.807, 2.05) is 26.8 Å². The molecule has 0 aromatic heterocycles. The van der Waals surface area contributed by atoms with Crippen molar-refractivity contribution in [1.82, 2.24) is 0 Å². The van der Waals surface area contributed by atoms with Gasteiger partial charge in [0.1, 0.15) is 5.75 Å². The maximum absolute atomic E-state index is 11.6. The number of rotatable bonds is 5. The van der Waals surface area contributed by atoms with Crippen LogP contribution in [0.25, 0.3) is 0 Å². The minimum absolute atomic E-state index is 0.101. The van der Waals surface area contributed by atoms with E-state index in [4.69, 9.17) is 9.84 Å². The fourth-order valence-corrected chi connectivity index (χ4v) is 1.63. The monoisotopic (exact) mass is 250 g/mol. The van der Waals surface area contributed by atoms with Crippen molar-refractivity contribution in [2.45, 2.75) is 32.6 Å². The van der Waals surface area contributed by atoms with Crippen molar-refractivity contribution in [1.29, 1.82) is 0 Å². The number of carboxylic acid groups (broad SMARTS) is 1. The standard InChI is InChI=1S/C14H18O4/c1-5-14(2,3)9-6-7-11(18-4)10(8-9)12(15)13(16)17/h6-8H,5H2,1-4H3,(H,16,17). The Hall–Kier alpha value is -1.84. The number of methoxy groups -OCH3 is 1. The molecule has 4 nitrogen and oxygen atoms in total. The number of carbonyl (C=O) groups excluding carboxylic acids is 1. The Morgan fingerprint density at radius 3 is 2.39 bits per heavy atom. The molecule has 0 amide bonds. The summed E-state index contributed by atoms with van der Waals surface area (Å²) >= 11 is 0. The van der Waals surface area contributed by atoms with E-state index in [1.54, 1.807) is 12.1 Å². The Morgan fingerprint density at radius 1 is 1.33 bits per heavy atom. The average Bonchev–Trinajstić information content (AvgIpc) is 2.36. The molecule has 0 atom stereocenters. The normalized spacial score (nSPS) is 11.1. The highest BCUT2D eigenvalue weighted by atomic mass is 16.5. The van der Waals surface area contributed by atoms with E-state index in [-0.39, 0.29) is 16.7 Å². The van der Waals surface area contributed by atoms with E-state index in [0.29, 0.717) is 0 Å². The first-order valence-electron chi connectivity index (χ1n) is 5.79. The van der Waals surface area contributed by atoms with Crippen LogP contribution in [0.2, 0.25) is 0 Å². The molecule has 0 radical (unpaired) electrons. The van der Waals surface area contributed by atoms with Gasteiger partial charge in [0.15, 0.2) is 0 Å². The molecule has 98 valence electrons. The molecular weight excluding hydrogens is 232 g/mol. The third kappa shape index (κ3) is 2.70. The summed E-state index contributed by atoms with van der Waals surface area (Å²) in [5, 5.41) is 8.80. The quantitative estimate of drug-likeness (QED) is 0.644. The lowest BCUT2D eigenvalue weighted by atomic mass is 9.81. The van der Waals surface area contributed by atoms with Crippen molar-refractivity contribution in [3.63, 3.8) is 0 Å². The number of carboxylic acids is 1. The third-order valence-electron chi connectivity index (χ3n) is 3.30. The largest absolute Gasteiger partial charge is 0.496 e. The van der Waals surface area contributed by atoms with Gasteiger partial charge in [-0.1, -0.05) is 26.8 Å². The number of Topliss-reactive ketones (excluding diaryl/α,β-unsaturated/α-hetero) is 1. The highest BCUT2D eigenvalue weighted by Gasteiger charge is 2.24. The lowest BCUT2D eigenvalue weighted by molar-refractivity contribution is -0.131. The first-order chi connectivity index (χ1) is 8.33. The molecule has 1 aromatic rings. The van der Waals surface area contributed by atoms with Crippen LogP contribution in [0.15, 0.2) is 18.2 Å². The Kier molecular flexibility index (Phi) is 4.11. The molecule has 1 rings (SSSR count). The van der Waals surface area contributed by atoms with Crippen molar-refractivity contribution in [2.24, 2.45) is 0 Å². The molecule has 18 heavy (non-hydrogen) atoms. The Labute approximate surface area is 107 Å².